The molecule has 0 spiro atoms. The lowest BCUT2D eigenvalue weighted by Gasteiger charge is -2.36. The smallest absolute Gasteiger partial charge is 0.245 e. The van der Waals surface area contributed by atoms with Crippen LogP contribution in [0.5, 0.6) is 0 Å². The van der Waals surface area contributed by atoms with E-state index in [0.717, 1.165) is 24.3 Å². The summed E-state index contributed by atoms with van der Waals surface area (Å²) < 4.78 is 10.9. The monoisotopic (exact) mass is 391 g/mol. The standard InChI is InChI=1S/C25H47N2O/c1-5-6-7-8-9-10-11-12-13-16-26-17-18-27(20-26)21-28-25-19-23(4)14-15-24(25)22(2)3/h17-18,20,22-25H,5-16,19,21H2,1-4H3/q+1/t23-,24+,25-/m1/s1. The molecule has 1 aliphatic rings. The largest absolute Gasteiger partial charge is 0.338 e. The third kappa shape index (κ3) is 8.68. The van der Waals surface area contributed by atoms with Crippen LogP contribution in [0.25, 0.3) is 0 Å². The molecule has 0 saturated heterocycles. The minimum absolute atomic E-state index is 0.428. The summed E-state index contributed by atoms with van der Waals surface area (Å²) in [4.78, 5) is 0. The van der Waals surface area contributed by atoms with E-state index in [-0.39, 0.29) is 0 Å². The first-order valence-corrected chi connectivity index (χ1v) is 12.3. The van der Waals surface area contributed by atoms with Crippen molar-refractivity contribution in [2.75, 3.05) is 0 Å². The van der Waals surface area contributed by atoms with E-state index in [0.29, 0.717) is 12.8 Å². The molecule has 28 heavy (non-hydrogen) atoms. The van der Waals surface area contributed by atoms with Crippen LogP contribution in [0, 0.1) is 17.8 Å². The van der Waals surface area contributed by atoms with Gasteiger partial charge in [-0.1, -0.05) is 79.1 Å². The highest BCUT2D eigenvalue weighted by molar-refractivity contribution is 4.80. The SMILES string of the molecule is CCCCCCCCCCCn1cc[n+](CO[C@@H]2C[C@H](C)CC[C@H]2C(C)C)c1. The van der Waals surface area contributed by atoms with Gasteiger partial charge >= 0.3 is 0 Å². The number of hydrogen-bond donors (Lipinski definition) is 0. The number of nitrogens with zero attached hydrogens (tertiary/aromatic N) is 2. The van der Waals surface area contributed by atoms with Crippen molar-refractivity contribution in [3.8, 4) is 0 Å². The minimum Gasteiger partial charge on any atom is -0.338 e. The zero-order chi connectivity index (χ0) is 20.2. The van der Waals surface area contributed by atoms with E-state index in [1.165, 1.54) is 77.0 Å². The molecule has 1 aromatic heterocycles. The van der Waals surface area contributed by atoms with Gasteiger partial charge < -0.3 is 4.74 Å². The minimum atomic E-state index is 0.428. The molecule has 0 bridgehead atoms. The molecule has 1 saturated carbocycles. The molecule has 1 aliphatic carbocycles. The highest BCUT2D eigenvalue weighted by Crippen LogP contribution is 2.35. The third-order valence-electron chi connectivity index (χ3n) is 6.67. The molecule has 1 fully saturated rings. The lowest BCUT2D eigenvalue weighted by Crippen LogP contribution is -2.40. The second-order valence-electron chi connectivity index (χ2n) is 9.65. The lowest BCUT2D eigenvalue weighted by atomic mass is 9.75. The van der Waals surface area contributed by atoms with Gasteiger partial charge in [0.2, 0.25) is 6.33 Å². The van der Waals surface area contributed by atoms with E-state index in [1.54, 1.807) is 0 Å². The number of hydrogen-bond acceptors (Lipinski definition) is 1. The first kappa shape index (κ1) is 23.4. The molecule has 0 aromatic carbocycles. The Morgan fingerprint density at radius 3 is 2.36 bits per heavy atom. The molecule has 0 aliphatic heterocycles. The van der Waals surface area contributed by atoms with Gasteiger partial charge in [0.05, 0.1) is 12.6 Å². The molecule has 3 heteroatoms. The van der Waals surface area contributed by atoms with Gasteiger partial charge in [-0.25, -0.2) is 9.13 Å². The van der Waals surface area contributed by atoms with Crippen LogP contribution in [0.2, 0.25) is 0 Å². The zero-order valence-corrected chi connectivity index (χ0v) is 19.2. The maximum atomic E-state index is 6.37. The van der Waals surface area contributed by atoms with Crippen LogP contribution in [0.15, 0.2) is 18.7 Å². The van der Waals surface area contributed by atoms with Crippen LogP contribution in [0.3, 0.4) is 0 Å². The van der Waals surface area contributed by atoms with Crippen LogP contribution in [0.4, 0.5) is 0 Å². The molecule has 3 nitrogen and oxygen atoms in total. The van der Waals surface area contributed by atoms with Crippen LogP contribution in [0.1, 0.15) is 105 Å². The Kier molecular flexibility index (Phi) is 11.2. The van der Waals surface area contributed by atoms with Gasteiger partial charge in [-0.15, -0.1) is 0 Å². The summed E-state index contributed by atoms with van der Waals surface area (Å²) in [6.45, 7) is 11.2. The lowest BCUT2D eigenvalue weighted by molar-refractivity contribution is -0.735. The molecule has 3 atom stereocenters. The molecular weight excluding hydrogens is 344 g/mol. The van der Waals surface area contributed by atoms with Gasteiger partial charge in [0.15, 0.2) is 6.73 Å². The van der Waals surface area contributed by atoms with Gasteiger partial charge in [-0.05, 0) is 43.4 Å². The predicted octanol–water partition coefficient (Wildman–Crippen LogP) is 6.74. The first-order chi connectivity index (χ1) is 13.6. The number of aromatic nitrogens is 2. The maximum absolute atomic E-state index is 6.37. The van der Waals surface area contributed by atoms with Gasteiger partial charge in [-0.3, -0.25) is 0 Å². The van der Waals surface area contributed by atoms with E-state index in [4.69, 9.17) is 4.74 Å². The number of aryl methyl sites for hydroxylation is 1. The van der Waals surface area contributed by atoms with E-state index in [2.05, 4.69) is 55.6 Å². The maximum Gasteiger partial charge on any atom is 0.245 e. The molecule has 0 amide bonds. The zero-order valence-electron chi connectivity index (χ0n) is 19.2. The van der Waals surface area contributed by atoms with Crippen molar-refractivity contribution in [2.45, 2.75) is 124 Å². The van der Waals surface area contributed by atoms with E-state index < -0.39 is 0 Å². The van der Waals surface area contributed by atoms with Gasteiger partial charge in [0.25, 0.3) is 0 Å². The molecule has 2 rings (SSSR count). The Bertz CT molecular complexity index is 510. The van der Waals surface area contributed by atoms with Crippen LogP contribution in [-0.2, 0) is 18.0 Å². The second kappa shape index (κ2) is 13.4. The Balaban J connectivity index is 1.60. The quantitative estimate of drug-likeness (QED) is 0.254. The fraction of sp³-hybridized carbons (Fsp3) is 0.880. The number of rotatable bonds is 14. The van der Waals surface area contributed by atoms with Crippen LogP contribution < -0.4 is 4.57 Å². The summed E-state index contributed by atoms with van der Waals surface area (Å²) in [5.74, 6) is 2.25. The predicted molar refractivity (Wildman–Crippen MR) is 118 cm³/mol. The van der Waals surface area contributed by atoms with E-state index in [1.807, 2.05) is 0 Å². The molecule has 1 heterocycles. The highest BCUT2D eigenvalue weighted by Gasteiger charge is 2.31. The summed E-state index contributed by atoms with van der Waals surface area (Å²) in [5, 5.41) is 0. The second-order valence-corrected chi connectivity index (χ2v) is 9.65. The molecule has 1 aromatic rings. The summed E-state index contributed by atoms with van der Waals surface area (Å²) in [7, 11) is 0. The molecule has 0 radical (unpaired) electrons. The Morgan fingerprint density at radius 2 is 1.68 bits per heavy atom. The number of imidazole rings is 1. The van der Waals surface area contributed by atoms with Gasteiger partial charge in [-0.2, -0.15) is 0 Å². The van der Waals surface area contributed by atoms with E-state index in [9.17, 15) is 0 Å². The van der Waals surface area contributed by atoms with Crippen LogP contribution >= 0.6 is 0 Å². The fourth-order valence-electron chi connectivity index (χ4n) is 4.74. The molecule has 0 unspecified atom stereocenters. The van der Waals surface area contributed by atoms with Crippen molar-refractivity contribution in [3.05, 3.63) is 18.7 Å². The summed E-state index contributed by atoms with van der Waals surface area (Å²) in [6.07, 6.45) is 23.5. The normalized spacial score (nSPS) is 22.8. The summed E-state index contributed by atoms with van der Waals surface area (Å²) in [5.41, 5.74) is 0. The third-order valence-corrected chi connectivity index (χ3v) is 6.67. The summed E-state index contributed by atoms with van der Waals surface area (Å²) >= 11 is 0. The van der Waals surface area contributed by atoms with E-state index >= 15 is 0 Å². The van der Waals surface area contributed by atoms with Crippen molar-refractivity contribution in [1.29, 1.82) is 0 Å². The van der Waals surface area contributed by atoms with Gasteiger partial charge in [0.1, 0.15) is 12.4 Å². The average molecular weight is 392 g/mol. The van der Waals surface area contributed by atoms with Crippen molar-refractivity contribution < 1.29 is 9.30 Å². The molecule has 162 valence electrons. The van der Waals surface area contributed by atoms with Crippen molar-refractivity contribution in [2.24, 2.45) is 17.8 Å². The Morgan fingerprint density at radius 1 is 1.00 bits per heavy atom. The fourth-order valence-corrected chi connectivity index (χ4v) is 4.74. The van der Waals surface area contributed by atoms with Gasteiger partial charge in [0, 0.05) is 0 Å². The molecule has 0 N–H and O–H groups in total. The highest BCUT2D eigenvalue weighted by atomic mass is 16.5. The number of ether oxygens (including phenoxy) is 1. The topological polar surface area (TPSA) is 18.0 Å². The van der Waals surface area contributed by atoms with Crippen LogP contribution in [-0.4, -0.2) is 10.7 Å². The van der Waals surface area contributed by atoms with Crippen molar-refractivity contribution >= 4 is 0 Å². The Labute approximate surface area is 174 Å². The number of unbranched alkanes of at least 4 members (excludes halogenated alkanes) is 8. The average Bonchev–Trinajstić information content (AvgIpc) is 3.12. The Hall–Kier alpha value is -0.830. The summed E-state index contributed by atoms with van der Waals surface area (Å²) in [6, 6.07) is 0. The molecular formula is C25H47N2O+. The van der Waals surface area contributed by atoms with Crippen molar-refractivity contribution in [1.82, 2.24) is 4.57 Å². The van der Waals surface area contributed by atoms with Crippen molar-refractivity contribution in [3.63, 3.8) is 0 Å². The first-order valence-electron chi connectivity index (χ1n) is 12.3.